The van der Waals surface area contributed by atoms with Crippen molar-refractivity contribution in [2.24, 2.45) is 5.92 Å². The lowest BCUT2D eigenvalue weighted by atomic mass is 10.1. The van der Waals surface area contributed by atoms with Gasteiger partial charge in [-0.15, -0.1) is 0 Å². The average Bonchev–Trinajstić information content (AvgIpc) is 2.86. The van der Waals surface area contributed by atoms with E-state index in [1.807, 2.05) is 27.7 Å². The first-order chi connectivity index (χ1) is 8.89. The van der Waals surface area contributed by atoms with Gasteiger partial charge in [0.2, 0.25) is 0 Å². The second-order valence-electron chi connectivity index (χ2n) is 7.41. The van der Waals surface area contributed by atoms with Crippen LogP contribution in [-0.4, -0.2) is 28.8 Å². The summed E-state index contributed by atoms with van der Waals surface area (Å²) in [6.07, 6.45) is 0.853. The second-order valence-corrected chi connectivity index (χ2v) is 7.41. The highest BCUT2D eigenvalue weighted by atomic mass is 16.6. The Morgan fingerprint density at radius 1 is 1.10 bits per heavy atom. The van der Waals surface area contributed by atoms with E-state index in [1.54, 1.807) is 20.8 Å². The molecule has 1 saturated carbocycles. The molecule has 2 unspecified atom stereocenters. The van der Waals surface area contributed by atoms with Gasteiger partial charge in [-0.3, -0.25) is 0 Å². The minimum atomic E-state index is -0.912. The van der Waals surface area contributed by atoms with Crippen molar-refractivity contribution >= 4 is 12.1 Å². The Morgan fingerprint density at radius 2 is 1.60 bits per heavy atom. The predicted octanol–water partition coefficient (Wildman–Crippen LogP) is 3.02. The van der Waals surface area contributed by atoms with Crippen LogP contribution in [0.15, 0.2) is 0 Å². The third kappa shape index (κ3) is 4.39. The fraction of sp³-hybridized carbons (Fsp3) is 0.867. The maximum absolute atomic E-state index is 12.3. The van der Waals surface area contributed by atoms with Crippen molar-refractivity contribution in [2.75, 3.05) is 0 Å². The number of carbonyl (C=O) groups is 2. The van der Waals surface area contributed by atoms with Crippen LogP contribution in [0.2, 0.25) is 0 Å². The molecule has 0 saturated heterocycles. The molecular weight excluding hydrogens is 258 g/mol. The number of esters is 1. The van der Waals surface area contributed by atoms with Gasteiger partial charge in [0, 0.05) is 0 Å². The topological polar surface area (TPSA) is 64.6 Å². The molecule has 5 nitrogen and oxygen atoms in total. The molecular formula is C15H27NO4. The summed E-state index contributed by atoms with van der Waals surface area (Å²) in [5, 5.41) is 2.71. The van der Waals surface area contributed by atoms with E-state index in [2.05, 4.69) is 5.32 Å². The highest BCUT2D eigenvalue weighted by Crippen LogP contribution is 2.47. The average molecular weight is 285 g/mol. The number of ether oxygens (including phenoxy) is 2. The number of rotatable bonds is 3. The quantitative estimate of drug-likeness (QED) is 0.809. The summed E-state index contributed by atoms with van der Waals surface area (Å²) in [5.41, 5.74) is -2.07. The van der Waals surface area contributed by atoms with Crippen molar-refractivity contribution in [1.82, 2.24) is 5.32 Å². The smallest absolute Gasteiger partial charge is 0.408 e. The van der Waals surface area contributed by atoms with E-state index in [0.717, 1.165) is 6.42 Å². The van der Waals surface area contributed by atoms with Crippen molar-refractivity contribution in [3.63, 3.8) is 0 Å². The first-order valence-electron chi connectivity index (χ1n) is 7.14. The van der Waals surface area contributed by atoms with Gasteiger partial charge in [0.1, 0.15) is 16.7 Å². The first-order valence-corrected chi connectivity index (χ1v) is 7.14. The highest BCUT2D eigenvalue weighted by Gasteiger charge is 2.62. The van der Waals surface area contributed by atoms with Crippen LogP contribution in [0.5, 0.6) is 0 Å². The fourth-order valence-corrected chi connectivity index (χ4v) is 2.13. The van der Waals surface area contributed by atoms with E-state index in [0.29, 0.717) is 6.42 Å². The van der Waals surface area contributed by atoms with Gasteiger partial charge >= 0.3 is 12.1 Å². The summed E-state index contributed by atoms with van der Waals surface area (Å²) in [6, 6.07) is 0. The number of carbonyl (C=O) groups excluding carboxylic acids is 2. The molecule has 1 aliphatic carbocycles. The van der Waals surface area contributed by atoms with Crippen LogP contribution in [-0.2, 0) is 14.3 Å². The third-order valence-electron chi connectivity index (χ3n) is 3.09. The van der Waals surface area contributed by atoms with Crippen LogP contribution < -0.4 is 5.32 Å². The van der Waals surface area contributed by atoms with Gasteiger partial charge in [0.05, 0.1) is 0 Å². The van der Waals surface area contributed by atoms with Crippen molar-refractivity contribution in [3.8, 4) is 0 Å². The Kier molecular flexibility index (Phi) is 4.42. The lowest BCUT2D eigenvalue weighted by molar-refractivity contribution is -0.159. The van der Waals surface area contributed by atoms with Crippen LogP contribution >= 0.6 is 0 Å². The predicted molar refractivity (Wildman–Crippen MR) is 76.3 cm³/mol. The van der Waals surface area contributed by atoms with E-state index < -0.39 is 22.8 Å². The molecule has 0 radical (unpaired) electrons. The SMILES string of the molecule is CCC1CC1(NC(=O)OC(C)(C)C)C(=O)OC(C)(C)C. The van der Waals surface area contributed by atoms with Gasteiger partial charge < -0.3 is 14.8 Å². The molecule has 0 bridgehead atoms. The van der Waals surface area contributed by atoms with Gasteiger partial charge in [0.25, 0.3) is 0 Å². The molecule has 0 aromatic rings. The summed E-state index contributed by atoms with van der Waals surface area (Å²) in [4.78, 5) is 24.2. The Bertz CT molecular complexity index is 392. The zero-order valence-corrected chi connectivity index (χ0v) is 13.6. The molecule has 20 heavy (non-hydrogen) atoms. The molecule has 116 valence electrons. The fourth-order valence-electron chi connectivity index (χ4n) is 2.13. The van der Waals surface area contributed by atoms with Gasteiger partial charge in [0.15, 0.2) is 0 Å². The largest absolute Gasteiger partial charge is 0.458 e. The summed E-state index contributed by atoms with van der Waals surface area (Å²) in [7, 11) is 0. The molecule has 0 spiro atoms. The highest BCUT2D eigenvalue weighted by molar-refractivity contribution is 5.89. The number of nitrogens with one attached hydrogen (secondary N) is 1. The lowest BCUT2D eigenvalue weighted by Crippen LogP contribution is -2.49. The zero-order valence-electron chi connectivity index (χ0n) is 13.6. The van der Waals surface area contributed by atoms with Crippen LogP contribution in [0.4, 0.5) is 4.79 Å². The van der Waals surface area contributed by atoms with Gasteiger partial charge in [-0.2, -0.15) is 0 Å². The van der Waals surface area contributed by atoms with Gasteiger partial charge in [-0.25, -0.2) is 9.59 Å². The second kappa shape index (κ2) is 5.26. The van der Waals surface area contributed by atoms with E-state index in [9.17, 15) is 9.59 Å². The van der Waals surface area contributed by atoms with Crippen molar-refractivity contribution in [3.05, 3.63) is 0 Å². The van der Waals surface area contributed by atoms with Crippen LogP contribution in [0.1, 0.15) is 61.3 Å². The number of hydrogen-bond acceptors (Lipinski definition) is 4. The van der Waals surface area contributed by atoms with Crippen molar-refractivity contribution < 1.29 is 19.1 Å². The summed E-state index contributed by atoms with van der Waals surface area (Å²) >= 11 is 0. The minimum Gasteiger partial charge on any atom is -0.458 e. The normalized spacial score (nSPS) is 25.9. The summed E-state index contributed by atoms with van der Waals surface area (Å²) in [6.45, 7) is 12.8. The molecule has 5 heteroatoms. The van der Waals surface area contributed by atoms with Crippen LogP contribution in [0.3, 0.4) is 0 Å². The standard InChI is InChI=1S/C15H27NO4/c1-8-10-9-15(10,11(17)19-13(2,3)4)16-12(18)20-14(5,6)7/h10H,8-9H2,1-7H3,(H,16,18). The maximum atomic E-state index is 12.3. The third-order valence-corrected chi connectivity index (χ3v) is 3.09. The molecule has 1 amide bonds. The van der Waals surface area contributed by atoms with E-state index in [4.69, 9.17) is 9.47 Å². The number of hydrogen-bond donors (Lipinski definition) is 1. The van der Waals surface area contributed by atoms with E-state index in [1.165, 1.54) is 0 Å². The van der Waals surface area contributed by atoms with Crippen molar-refractivity contribution in [2.45, 2.75) is 78.0 Å². The van der Waals surface area contributed by atoms with Crippen LogP contribution in [0, 0.1) is 5.92 Å². The Balaban J connectivity index is 2.75. The van der Waals surface area contributed by atoms with E-state index >= 15 is 0 Å². The molecule has 0 aromatic carbocycles. The van der Waals surface area contributed by atoms with Gasteiger partial charge in [-0.05, 0) is 53.9 Å². The molecule has 0 aromatic heterocycles. The molecule has 0 aliphatic heterocycles. The van der Waals surface area contributed by atoms with E-state index in [-0.39, 0.29) is 11.9 Å². The summed E-state index contributed by atoms with van der Waals surface area (Å²) < 4.78 is 10.6. The lowest BCUT2D eigenvalue weighted by Gasteiger charge is -2.27. The van der Waals surface area contributed by atoms with Gasteiger partial charge in [-0.1, -0.05) is 13.3 Å². The molecule has 1 N–H and O–H groups in total. The monoisotopic (exact) mass is 285 g/mol. The van der Waals surface area contributed by atoms with Crippen molar-refractivity contribution in [1.29, 1.82) is 0 Å². The minimum absolute atomic E-state index is 0.116. The molecule has 2 atom stereocenters. The molecule has 1 fully saturated rings. The molecule has 1 rings (SSSR count). The summed E-state index contributed by atoms with van der Waals surface area (Å²) in [5.74, 6) is -0.257. The zero-order chi connectivity index (χ0) is 15.8. The molecule has 1 aliphatic rings. The Labute approximate surface area is 121 Å². The number of alkyl carbamates (subject to hydrolysis) is 1. The maximum Gasteiger partial charge on any atom is 0.408 e. The molecule has 0 heterocycles. The number of amides is 1. The van der Waals surface area contributed by atoms with Crippen LogP contribution in [0.25, 0.3) is 0 Å². The Morgan fingerprint density at radius 3 is 1.95 bits per heavy atom. The Hall–Kier alpha value is -1.26. The first kappa shape index (κ1) is 16.8.